The zero-order valence-electron chi connectivity index (χ0n) is 9.48. The highest BCUT2D eigenvalue weighted by molar-refractivity contribution is 6.30. The summed E-state index contributed by atoms with van der Waals surface area (Å²) < 4.78 is 1.99. The minimum Gasteiger partial charge on any atom is -0.310 e. The molecular formula is C14H10Cl2N2. The van der Waals surface area contributed by atoms with E-state index in [0.717, 1.165) is 21.6 Å². The van der Waals surface area contributed by atoms with Crippen molar-refractivity contribution >= 4 is 34.2 Å². The van der Waals surface area contributed by atoms with Gasteiger partial charge in [-0.1, -0.05) is 35.9 Å². The number of fused-ring (bicyclic) bond motifs is 1. The third kappa shape index (κ3) is 2.09. The molecule has 3 aromatic rings. The van der Waals surface area contributed by atoms with Crippen molar-refractivity contribution in [3.63, 3.8) is 0 Å². The highest BCUT2D eigenvalue weighted by Gasteiger charge is 2.08. The topological polar surface area (TPSA) is 17.8 Å². The van der Waals surface area contributed by atoms with E-state index in [1.54, 1.807) is 0 Å². The molecule has 0 saturated heterocycles. The molecule has 3 rings (SSSR count). The zero-order chi connectivity index (χ0) is 12.5. The van der Waals surface area contributed by atoms with Crippen LogP contribution in [0.4, 0.5) is 0 Å². The summed E-state index contributed by atoms with van der Waals surface area (Å²) in [7, 11) is 0. The molecule has 0 spiro atoms. The molecule has 4 heteroatoms. The molecule has 0 atom stereocenters. The monoisotopic (exact) mass is 276 g/mol. The number of para-hydroxylation sites is 2. The fourth-order valence-electron chi connectivity index (χ4n) is 1.97. The molecule has 90 valence electrons. The Kier molecular flexibility index (Phi) is 2.98. The first-order valence-corrected chi connectivity index (χ1v) is 6.35. The summed E-state index contributed by atoms with van der Waals surface area (Å²) in [5, 5.41) is 1.24. The number of benzene rings is 2. The van der Waals surface area contributed by atoms with E-state index in [1.165, 1.54) is 0 Å². The molecule has 0 N–H and O–H groups in total. The van der Waals surface area contributed by atoms with Gasteiger partial charge in [-0.2, -0.15) is 0 Å². The second-order valence-corrected chi connectivity index (χ2v) is 4.86. The largest absolute Gasteiger partial charge is 0.310 e. The van der Waals surface area contributed by atoms with Gasteiger partial charge in [0.1, 0.15) is 0 Å². The number of aromatic nitrogens is 2. The van der Waals surface area contributed by atoms with E-state index in [2.05, 4.69) is 4.98 Å². The lowest BCUT2D eigenvalue weighted by Crippen LogP contribution is -1.99. The minimum absolute atomic E-state index is 0.506. The average molecular weight is 277 g/mol. The Hall–Kier alpha value is -1.51. The SMILES string of the molecule is Clc1ccc(Cn2c(Cl)nc3ccccc32)cc1. The van der Waals surface area contributed by atoms with Gasteiger partial charge in [0.2, 0.25) is 5.28 Å². The molecule has 0 saturated carbocycles. The van der Waals surface area contributed by atoms with Crippen molar-refractivity contribution < 1.29 is 0 Å². The molecule has 18 heavy (non-hydrogen) atoms. The summed E-state index contributed by atoms with van der Waals surface area (Å²) in [5.41, 5.74) is 3.10. The second-order valence-electron chi connectivity index (χ2n) is 4.08. The van der Waals surface area contributed by atoms with Crippen molar-refractivity contribution in [3.8, 4) is 0 Å². The van der Waals surface area contributed by atoms with Gasteiger partial charge >= 0.3 is 0 Å². The third-order valence-corrected chi connectivity index (χ3v) is 3.40. The maximum absolute atomic E-state index is 6.17. The van der Waals surface area contributed by atoms with Gasteiger partial charge in [-0.25, -0.2) is 4.98 Å². The van der Waals surface area contributed by atoms with Crippen LogP contribution in [0.25, 0.3) is 11.0 Å². The highest BCUT2D eigenvalue weighted by atomic mass is 35.5. The molecule has 0 fully saturated rings. The zero-order valence-corrected chi connectivity index (χ0v) is 11.0. The Morgan fingerprint density at radius 2 is 1.67 bits per heavy atom. The molecule has 0 aliphatic rings. The molecule has 1 aromatic heterocycles. The Morgan fingerprint density at radius 1 is 0.944 bits per heavy atom. The Labute approximate surface area is 115 Å². The number of hydrogen-bond donors (Lipinski definition) is 0. The van der Waals surface area contributed by atoms with Gasteiger partial charge in [0, 0.05) is 5.02 Å². The molecule has 2 nitrogen and oxygen atoms in total. The van der Waals surface area contributed by atoms with Crippen LogP contribution < -0.4 is 0 Å². The van der Waals surface area contributed by atoms with Crippen molar-refractivity contribution in [2.75, 3.05) is 0 Å². The first-order valence-electron chi connectivity index (χ1n) is 5.59. The van der Waals surface area contributed by atoms with Crippen LogP contribution in [0.1, 0.15) is 5.56 Å². The molecule has 0 unspecified atom stereocenters. The Bertz CT molecular complexity index is 687. The van der Waals surface area contributed by atoms with Gasteiger partial charge in [0.15, 0.2) is 0 Å². The van der Waals surface area contributed by atoms with Crippen molar-refractivity contribution in [2.45, 2.75) is 6.54 Å². The third-order valence-electron chi connectivity index (χ3n) is 2.86. The standard InChI is InChI=1S/C14H10Cl2N2/c15-11-7-5-10(6-8-11)9-18-13-4-2-1-3-12(13)17-14(18)16/h1-8H,9H2. The maximum Gasteiger partial charge on any atom is 0.204 e. The summed E-state index contributed by atoms with van der Waals surface area (Å²) in [6.45, 7) is 0.691. The van der Waals surface area contributed by atoms with E-state index in [9.17, 15) is 0 Å². The number of halogens is 2. The second kappa shape index (κ2) is 4.63. The summed E-state index contributed by atoms with van der Waals surface area (Å²) in [6, 6.07) is 15.7. The van der Waals surface area contributed by atoms with Crippen molar-refractivity contribution in [1.82, 2.24) is 9.55 Å². The number of imidazole rings is 1. The smallest absolute Gasteiger partial charge is 0.204 e. The van der Waals surface area contributed by atoms with Crippen LogP contribution in [-0.4, -0.2) is 9.55 Å². The van der Waals surface area contributed by atoms with E-state index in [0.29, 0.717) is 11.8 Å². The van der Waals surface area contributed by atoms with E-state index >= 15 is 0 Å². The fraction of sp³-hybridized carbons (Fsp3) is 0.0714. The summed E-state index contributed by atoms with van der Waals surface area (Å²) in [6.07, 6.45) is 0. The average Bonchev–Trinajstić information content (AvgIpc) is 2.69. The van der Waals surface area contributed by atoms with Gasteiger partial charge in [0.25, 0.3) is 0 Å². The molecule has 1 heterocycles. The Morgan fingerprint density at radius 3 is 2.44 bits per heavy atom. The maximum atomic E-state index is 6.17. The molecule has 0 aliphatic carbocycles. The van der Waals surface area contributed by atoms with Crippen LogP contribution in [-0.2, 0) is 6.54 Å². The van der Waals surface area contributed by atoms with Gasteiger partial charge in [-0.3, -0.25) is 0 Å². The van der Waals surface area contributed by atoms with Crippen LogP contribution in [0.3, 0.4) is 0 Å². The normalized spacial score (nSPS) is 11.0. The van der Waals surface area contributed by atoms with E-state index in [-0.39, 0.29) is 0 Å². The molecule has 2 aromatic carbocycles. The van der Waals surface area contributed by atoms with Gasteiger partial charge < -0.3 is 4.57 Å². The number of hydrogen-bond acceptors (Lipinski definition) is 1. The van der Waals surface area contributed by atoms with Crippen LogP contribution in [0.15, 0.2) is 48.5 Å². The minimum atomic E-state index is 0.506. The van der Waals surface area contributed by atoms with Gasteiger partial charge in [-0.05, 0) is 41.4 Å². The number of nitrogens with zero attached hydrogens (tertiary/aromatic N) is 2. The quantitative estimate of drug-likeness (QED) is 0.679. The van der Waals surface area contributed by atoms with Crippen LogP contribution in [0.5, 0.6) is 0 Å². The lowest BCUT2D eigenvalue weighted by atomic mass is 10.2. The summed E-state index contributed by atoms with van der Waals surface area (Å²) in [4.78, 5) is 4.33. The Balaban J connectivity index is 2.04. The molecule has 0 amide bonds. The molecule has 0 bridgehead atoms. The van der Waals surface area contributed by atoms with Crippen molar-refractivity contribution in [2.24, 2.45) is 0 Å². The predicted octanol–water partition coefficient (Wildman–Crippen LogP) is 4.39. The van der Waals surface area contributed by atoms with Gasteiger partial charge in [-0.15, -0.1) is 0 Å². The lowest BCUT2D eigenvalue weighted by Gasteiger charge is -2.06. The first-order chi connectivity index (χ1) is 8.74. The van der Waals surface area contributed by atoms with Crippen molar-refractivity contribution in [1.29, 1.82) is 0 Å². The summed E-state index contributed by atoms with van der Waals surface area (Å²) >= 11 is 12.0. The van der Waals surface area contributed by atoms with Crippen LogP contribution >= 0.6 is 23.2 Å². The summed E-state index contributed by atoms with van der Waals surface area (Å²) in [5.74, 6) is 0. The van der Waals surface area contributed by atoms with E-state index < -0.39 is 0 Å². The first kappa shape index (κ1) is 11.6. The van der Waals surface area contributed by atoms with E-state index in [1.807, 2.05) is 53.1 Å². The molecular weight excluding hydrogens is 267 g/mol. The van der Waals surface area contributed by atoms with E-state index in [4.69, 9.17) is 23.2 Å². The predicted molar refractivity (Wildman–Crippen MR) is 75.3 cm³/mol. The number of rotatable bonds is 2. The van der Waals surface area contributed by atoms with Gasteiger partial charge in [0.05, 0.1) is 17.6 Å². The van der Waals surface area contributed by atoms with Crippen LogP contribution in [0, 0.1) is 0 Å². The highest BCUT2D eigenvalue weighted by Crippen LogP contribution is 2.21. The fourth-order valence-corrected chi connectivity index (χ4v) is 2.34. The van der Waals surface area contributed by atoms with Crippen molar-refractivity contribution in [3.05, 3.63) is 64.4 Å². The molecule has 0 radical (unpaired) electrons. The molecule has 0 aliphatic heterocycles. The lowest BCUT2D eigenvalue weighted by molar-refractivity contribution is 0.826. The van der Waals surface area contributed by atoms with Crippen LogP contribution in [0.2, 0.25) is 10.3 Å².